The highest BCUT2D eigenvalue weighted by Crippen LogP contribution is 2.10. The van der Waals surface area contributed by atoms with Crippen LogP contribution in [-0.4, -0.2) is 25.9 Å². The zero-order valence-corrected chi connectivity index (χ0v) is 6.01. The zero-order chi connectivity index (χ0) is 7.23. The van der Waals surface area contributed by atoms with Gasteiger partial charge in [0.25, 0.3) is 0 Å². The summed E-state index contributed by atoms with van der Waals surface area (Å²) >= 11 is 0. The number of terminal acetylenes is 1. The molecule has 1 unspecified atom stereocenters. The second kappa shape index (κ2) is 4.32. The fraction of sp³-hybridized carbons (Fsp3) is 0.750. The van der Waals surface area contributed by atoms with E-state index >= 15 is 0 Å². The summed E-state index contributed by atoms with van der Waals surface area (Å²) in [6.45, 7) is 2.27. The van der Waals surface area contributed by atoms with Crippen LogP contribution in [0.1, 0.15) is 12.8 Å². The van der Waals surface area contributed by atoms with Crippen molar-refractivity contribution in [2.45, 2.75) is 18.9 Å². The maximum atomic E-state index is 5.21. The maximum absolute atomic E-state index is 5.21. The van der Waals surface area contributed by atoms with Crippen molar-refractivity contribution in [1.82, 2.24) is 0 Å². The maximum Gasteiger partial charge on any atom is 0.0830 e. The third-order valence-corrected chi connectivity index (χ3v) is 1.49. The molecule has 0 N–H and O–H groups in total. The first-order chi connectivity index (χ1) is 4.93. The Hall–Kier alpha value is -0.520. The van der Waals surface area contributed by atoms with E-state index in [1.165, 1.54) is 0 Å². The third kappa shape index (κ3) is 2.38. The van der Waals surface area contributed by atoms with E-state index in [-0.39, 0.29) is 0 Å². The highest BCUT2D eigenvalue weighted by atomic mass is 16.5. The van der Waals surface area contributed by atoms with Crippen molar-refractivity contribution in [2.75, 3.05) is 19.8 Å². The topological polar surface area (TPSA) is 18.5 Å². The van der Waals surface area contributed by atoms with E-state index in [9.17, 15) is 0 Å². The molecule has 2 nitrogen and oxygen atoms in total. The van der Waals surface area contributed by atoms with E-state index < -0.39 is 0 Å². The highest BCUT2D eigenvalue weighted by Gasteiger charge is 2.17. The molecule has 1 aliphatic rings. The first-order valence-corrected chi connectivity index (χ1v) is 3.56. The van der Waals surface area contributed by atoms with Crippen molar-refractivity contribution in [3.05, 3.63) is 0 Å². The lowest BCUT2D eigenvalue weighted by Crippen LogP contribution is -2.31. The Labute approximate surface area is 61.5 Å². The zero-order valence-electron chi connectivity index (χ0n) is 6.01. The minimum absolute atomic E-state index is 0.345. The van der Waals surface area contributed by atoms with Gasteiger partial charge in [0.15, 0.2) is 0 Å². The number of rotatable bonds is 4. The lowest BCUT2D eigenvalue weighted by atomic mass is 10.2. The molecule has 0 spiro atoms. The van der Waals surface area contributed by atoms with Gasteiger partial charge in [-0.05, 0) is 6.42 Å². The van der Waals surface area contributed by atoms with E-state index in [0.717, 1.165) is 13.0 Å². The van der Waals surface area contributed by atoms with Gasteiger partial charge >= 0.3 is 0 Å². The van der Waals surface area contributed by atoms with Gasteiger partial charge in [0.2, 0.25) is 0 Å². The average Bonchev–Trinajstić information content (AvgIpc) is 1.84. The van der Waals surface area contributed by atoms with Gasteiger partial charge in [-0.3, -0.25) is 0 Å². The minimum Gasteiger partial charge on any atom is -0.378 e. The van der Waals surface area contributed by atoms with Crippen LogP contribution in [0.4, 0.5) is 0 Å². The summed E-state index contributed by atoms with van der Waals surface area (Å²) < 4.78 is 10.3. The minimum atomic E-state index is 0.345. The Kier molecular flexibility index (Phi) is 3.28. The Morgan fingerprint density at radius 2 is 2.50 bits per heavy atom. The van der Waals surface area contributed by atoms with Crippen LogP contribution in [0, 0.1) is 12.3 Å². The summed E-state index contributed by atoms with van der Waals surface area (Å²) in [7, 11) is 0. The summed E-state index contributed by atoms with van der Waals surface area (Å²) in [6.07, 6.45) is 7.21. The first-order valence-electron chi connectivity index (χ1n) is 3.56. The molecule has 10 heavy (non-hydrogen) atoms. The molecule has 0 aromatic carbocycles. The van der Waals surface area contributed by atoms with Gasteiger partial charge < -0.3 is 9.47 Å². The fourth-order valence-corrected chi connectivity index (χ4v) is 0.762. The predicted octanol–water partition coefficient (Wildman–Crippen LogP) is 0.815. The van der Waals surface area contributed by atoms with Crippen LogP contribution in [0.5, 0.6) is 0 Å². The molecule has 1 rings (SSSR count). The molecule has 0 aromatic rings. The van der Waals surface area contributed by atoms with Crippen molar-refractivity contribution >= 4 is 0 Å². The van der Waals surface area contributed by atoms with Crippen molar-refractivity contribution in [2.24, 2.45) is 0 Å². The van der Waals surface area contributed by atoms with Crippen molar-refractivity contribution in [1.29, 1.82) is 0 Å². The van der Waals surface area contributed by atoms with Crippen LogP contribution in [0.2, 0.25) is 0 Å². The SMILES string of the molecule is C#CCCOCC1CCO1. The standard InChI is InChI=1S/C8H12O2/c1-2-3-5-9-7-8-4-6-10-8/h1,8H,3-7H2. The highest BCUT2D eigenvalue weighted by molar-refractivity contribution is 4.82. The molecule has 1 fully saturated rings. The van der Waals surface area contributed by atoms with E-state index in [1.807, 2.05) is 0 Å². The average molecular weight is 140 g/mol. The van der Waals surface area contributed by atoms with E-state index in [4.69, 9.17) is 15.9 Å². The van der Waals surface area contributed by atoms with Crippen molar-refractivity contribution < 1.29 is 9.47 Å². The second-order valence-electron chi connectivity index (χ2n) is 2.31. The molecule has 1 atom stereocenters. The molecular formula is C8H12O2. The molecule has 1 saturated heterocycles. The van der Waals surface area contributed by atoms with E-state index in [0.29, 0.717) is 25.7 Å². The molecule has 0 bridgehead atoms. The summed E-state index contributed by atoms with van der Waals surface area (Å²) in [5, 5.41) is 0. The van der Waals surface area contributed by atoms with Crippen molar-refractivity contribution in [3.8, 4) is 12.3 Å². The summed E-state index contributed by atoms with van der Waals surface area (Å²) in [5.74, 6) is 2.51. The number of hydrogen-bond donors (Lipinski definition) is 0. The molecule has 0 amide bonds. The van der Waals surface area contributed by atoms with Crippen LogP contribution in [0.15, 0.2) is 0 Å². The molecule has 1 aliphatic heterocycles. The van der Waals surface area contributed by atoms with Crippen LogP contribution >= 0.6 is 0 Å². The molecule has 0 aliphatic carbocycles. The van der Waals surface area contributed by atoms with Gasteiger partial charge in [-0.1, -0.05) is 0 Å². The Morgan fingerprint density at radius 3 is 3.00 bits per heavy atom. The normalized spacial score (nSPS) is 23.3. The monoisotopic (exact) mass is 140 g/mol. The Balaban J connectivity index is 1.81. The molecule has 1 heterocycles. The van der Waals surface area contributed by atoms with Gasteiger partial charge in [0.05, 0.1) is 19.3 Å². The smallest absolute Gasteiger partial charge is 0.0830 e. The number of hydrogen-bond acceptors (Lipinski definition) is 2. The Morgan fingerprint density at radius 1 is 1.70 bits per heavy atom. The first kappa shape index (κ1) is 7.59. The van der Waals surface area contributed by atoms with Gasteiger partial charge in [-0.15, -0.1) is 12.3 Å². The van der Waals surface area contributed by atoms with Gasteiger partial charge in [-0.2, -0.15) is 0 Å². The molecule has 0 aromatic heterocycles. The van der Waals surface area contributed by atoms with E-state index in [1.54, 1.807) is 0 Å². The van der Waals surface area contributed by atoms with E-state index in [2.05, 4.69) is 5.92 Å². The third-order valence-electron chi connectivity index (χ3n) is 1.49. The lowest BCUT2D eigenvalue weighted by molar-refractivity contribution is -0.0930. The Bertz CT molecular complexity index is 122. The molecule has 0 saturated carbocycles. The van der Waals surface area contributed by atoms with Crippen LogP contribution in [-0.2, 0) is 9.47 Å². The van der Waals surface area contributed by atoms with Crippen molar-refractivity contribution in [3.63, 3.8) is 0 Å². The molecular weight excluding hydrogens is 128 g/mol. The van der Waals surface area contributed by atoms with Crippen LogP contribution < -0.4 is 0 Å². The fourth-order valence-electron chi connectivity index (χ4n) is 0.762. The van der Waals surface area contributed by atoms with Gasteiger partial charge in [-0.25, -0.2) is 0 Å². The van der Waals surface area contributed by atoms with Gasteiger partial charge in [0.1, 0.15) is 0 Å². The quantitative estimate of drug-likeness (QED) is 0.425. The summed E-state index contributed by atoms with van der Waals surface area (Å²) in [4.78, 5) is 0. The number of ether oxygens (including phenoxy) is 2. The largest absolute Gasteiger partial charge is 0.378 e. The van der Waals surface area contributed by atoms with Crippen LogP contribution in [0.25, 0.3) is 0 Å². The lowest BCUT2D eigenvalue weighted by Gasteiger charge is -2.25. The summed E-state index contributed by atoms with van der Waals surface area (Å²) in [6, 6.07) is 0. The second-order valence-corrected chi connectivity index (χ2v) is 2.31. The predicted molar refractivity (Wildman–Crippen MR) is 38.6 cm³/mol. The molecule has 2 heteroatoms. The van der Waals surface area contributed by atoms with Gasteiger partial charge in [0, 0.05) is 13.0 Å². The van der Waals surface area contributed by atoms with Crippen LogP contribution in [0.3, 0.4) is 0 Å². The molecule has 56 valence electrons. The summed E-state index contributed by atoms with van der Waals surface area (Å²) in [5.41, 5.74) is 0. The molecule has 0 radical (unpaired) electrons.